The predicted molar refractivity (Wildman–Crippen MR) is 164 cm³/mol. The van der Waals surface area contributed by atoms with Gasteiger partial charge in [-0.2, -0.15) is 11.8 Å². The second-order valence-corrected chi connectivity index (χ2v) is 12.3. The van der Waals surface area contributed by atoms with Gasteiger partial charge in [-0.1, -0.05) is 35.9 Å². The molecule has 2 aromatic carbocycles. The average molecular weight is 571 g/mol. The first-order chi connectivity index (χ1) is 19.0. The summed E-state index contributed by atoms with van der Waals surface area (Å²) in [6.45, 7) is 2.49. The molecule has 7 heteroatoms. The summed E-state index contributed by atoms with van der Waals surface area (Å²) < 4.78 is 12.3. The summed E-state index contributed by atoms with van der Waals surface area (Å²) in [7, 11) is 1.83. The van der Waals surface area contributed by atoms with Gasteiger partial charge < -0.3 is 20.1 Å². The summed E-state index contributed by atoms with van der Waals surface area (Å²) in [6.07, 6.45) is 14.7. The number of amides is 1. The van der Waals surface area contributed by atoms with Crippen LogP contribution >= 0.6 is 23.4 Å². The van der Waals surface area contributed by atoms with Gasteiger partial charge in [-0.05, 0) is 105 Å². The fourth-order valence-corrected chi connectivity index (χ4v) is 6.52. The van der Waals surface area contributed by atoms with Gasteiger partial charge in [-0.15, -0.1) is 0 Å². The van der Waals surface area contributed by atoms with E-state index < -0.39 is 5.91 Å². The van der Waals surface area contributed by atoms with Crippen molar-refractivity contribution in [2.45, 2.75) is 51.0 Å². The molecular formula is C32H43ClN2O3S. The molecule has 1 heterocycles. The normalized spacial score (nSPS) is 21.6. The highest BCUT2D eigenvalue weighted by Gasteiger charge is 2.38. The maximum absolute atomic E-state index is 12.0. The van der Waals surface area contributed by atoms with Crippen LogP contribution in [0.15, 0.2) is 54.6 Å². The second kappa shape index (κ2) is 15.0. The highest BCUT2D eigenvalue weighted by molar-refractivity contribution is 7.98. The standard InChI is InChI=1S/C32H43ClN2O3S/c1-37-30(12-4-3-5-17-39-2)28-15-13-26(28)21-35-20-24(10-6-8-23-9-7-11-27(33)18-23)22-38-31-16-14-25(32(34)36)19-29(31)35/h4,7,9,11-12,14,16,18-19,24,26,28,30H,3,5-6,8,10,13,15,17,20-22H2,1-2H3,(H2,34,36)/b12-4+/t24?,26-,28+,30?/m0/s1. The first-order valence-corrected chi connectivity index (χ1v) is 16.0. The number of anilines is 1. The molecule has 2 unspecified atom stereocenters. The number of aryl methyl sites for hydroxylation is 1. The number of hydrogen-bond acceptors (Lipinski definition) is 5. The molecule has 1 saturated carbocycles. The molecule has 5 nitrogen and oxygen atoms in total. The number of allylic oxidation sites excluding steroid dienone is 1. The van der Waals surface area contributed by atoms with Crippen molar-refractivity contribution in [3.05, 3.63) is 70.8 Å². The Balaban J connectivity index is 1.44. The number of unbranched alkanes of at least 4 members (excludes halogenated alkanes) is 1. The van der Waals surface area contributed by atoms with Crippen LogP contribution in [0.5, 0.6) is 5.75 Å². The zero-order valence-corrected chi connectivity index (χ0v) is 24.9. The molecular weight excluding hydrogens is 528 g/mol. The number of nitrogens with zero attached hydrogens (tertiary/aromatic N) is 1. The van der Waals surface area contributed by atoms with E-state index in [1.165, 1.54) is 30.6 Å². The van der Waals surface area contributed by atoms with Crippen LogP contribution < -0.4 is 15.4 Å². The molecule has 39 heavy (non-hydrogen) atoms. The van der Waals surface area contributed by atoms with Gasteiger partial charge in [-0.25, -0.2) is 0 Å². The topological polar surface area (TPSA) is 64.8 Å². The number of carbonyl (C=O) groups excluding carboxylic acids is 1. The Bertz CT molecular complexity index is 1110. The molecule has 4 rings (SSSR count). The number of rotatable bonds is 14. The van der Waals surface area contributed by atoms with Crippen molar-refractivity contribution in [1.82, 2.24) is 0 Å². The molecule has 0 bridgehead atoms. The molecule has 1 aliphatic carbocycles. The minimum atomic E-state index is -0.410. The second-order valence-electron chi connectivity index (χ2n) is 10.9. The molecule has 4 atom stereocenters. The fourth-order valence-electron chi connectivity index (χ4n) is 5.85. The third kappa shape index (κ3) is 8.42. The van der Waals surface area contributed by atoms with E-state index in [4.69, 9.17) is 26.8 Å². The van der Waals surface area contributed by atoms with Crippen molar-refractivity contribution in [3.63, 3.8) is 0 Å². The number of methoxy groups -OCH3 is 1. The number of nitrogens with two attached hydrogens (primary N) is 1. The van der Waals surface area contributed by atoms with Gasteiger partial charge in [0, 0.05) is 36.7 Å². The Morgan fingerprint density at radius 2 is 2.13 bits per heavy atom. The number of primary amides is 1. The van der Waals surface area contributed by atoms with Gasteiger partial charge in [0.25, 0.3) is 0 Å². The van der Waals surface area contributed by atoms with E-state index in [9.17, 15) is 4.79 Å². The lowest BCUT2D eigenvalue weighted by molar-refractivity contribution is 0.0133. The zero-order valence-electron chi connectivity index (χ0n) is 23.3. The molecule has 1 amide bonds. The summed E-state index contributed by atoms with van der Waals surface area (Å²) in [5.74, 6) is 3.04. The lowest BCUT2D eigenvalue weighted by Crippen LogP contribution is -2.44. The maximum atomic E-state index is 12.0. The van der Waals surface area contributed by atoms with Gasteiger partial charge in [0.15, 0.2) is 0 Å². The highest BCUT2D eigenvalue weighted by Crippen LogP contribution is 2.42. The van der Waals surface area contributed by atoms with Crippen molar-refractivity contribution >= 4 is 35.0 Å². The Labute approximate surface area is 243 Å². The van der Waals surface area contributed by atoms with Crippen LogP contribution in [-0.2, 0) is 11.2 Å². The third-order valence-electron chi connectivity index (χ3n) is 8.17. The number of benzene rings is 2. The number of thioether (sulfide) groups is 1. The van der Waals surface area contributed by atoms with Crippen molar-refractivity contribution in [3.8, 4) is 5.75 Å². The van der Waals surface area contributed by atoms with E-state index >= 15 is 0 Å². The highest BCUT2D eigenvalue weighted by atomic mass is 35.5. The fraction of sp³-hybridized carbons (Fsp3) is 0.531. The van der Waals surface area contributed by atoms with E-state index in [0.29, 0.717) is 29.9 Å². The van der Waals surface area contributed by atoms with Gasteiger partial charge in [-0.3, -0.25) is 4.79 Å². The van der Waals surface area contributed by atoms with Gasteiger partial charge in [0.2, 0.25) is 5.91 Å². The van der Waals surface area contributed by atoms with Crippen LogP contribution in [0.2, 0.25) is 5.02 Å². The molecule has 2 aromatic rings. The van der Waals surface area contributed by atoms with Crippen LogP contribution in [0.25, 0.3) is 0 Å². The van der Waals surface area contributed by atoms with Crippen molar-refractivity contribution < 1.29 is 14.3 Å². The molecule has 0 aromatic heterocycles. The third-order valence-corrected chi connectivity index (χ3v) is 9.11. The van der Waals surface area contributed by atoms with Crippen LogP contribution in [0.1, 0.15) is 54.4 Å². The number of carbonyl (C=O) groups is 1. The molecule has 0 saturated heterocycles. The summed E-state index contributed by atoms with van der Waals surface area (Å²) in [5.41, 5.74) is 8.43. The largest absolute Gasteiger partial charge is 0.491 e. The van der Waals surface area contributed by atoms with Crippen molar-refractivity contribution in [2.24, 2.45) is 23.5 Å². The first kappa shape index (κ1) is 29.8. The van der Waals surface area contributed by atoms with Gasteiger partial charge >= 0.3 is 0 Å². The first-order valence-electron chi connectivity index (χ1n) is 14.2. The number of hydrogen-bond donors (Lipinski definition) is 1. The van der Waals surface area contributed by atoms with Crippen molar-refractivity contribution in [2.75, 3.05) is 43.7 Å². The minimum absolute atomic E-state index is 0.145. The average Bonchev–Trinajstić information content (AvgIpc) is 3.09. The Kier molecular flexibility index (Phi) is 11.5. The number of halogens is 1. The van der Waals surface area contributed by atoms with Crippen LogP contribution in [0.4, 0.5) is 5.69 Å². The quantitative estimate of drug-likeness (QED) is 0.195. The van der Waals surface area contributed by atoms with E-state index in [2.05, 4.69) is 35.4 Å². The summed E-state index contributed by atoms with van der Waals surface area (Å²) >= 11 is 8.08. The van der Waals surface area contributed by atoms with Gasteiger partial charge in [0.05, 0.1) is 18.4 Å². The Morgan fingerprint density at radius 3 is 2.85 bits per heavy atom. The van der Waals surface area contributed by atoms with Crippen LogP contribution in [0, 0.1) is 17.8 Å². The molecule has 2 N–H and O–H groups in total. The number of fused-ring (bicyclic) bond motifs is 1. The van der Waals surface area contributed by atoms with E-state index in [0.717, 1.165) is 55.2 Å². The zero-order chi connectivity index (χ0) is 27.6. The molecule has 212 valence electrons. The molecule has 2 aliphatic rings. The lowest BCUT2D eigenvalue weighted by atomic mass is 9.70. The number of ether oxygens (including phenoxy) is 2. The Hall–Kier alpha value is -2.15. The molecule has 0 spiro atoms. The van der Waals surface area contributed by atoms with Crippen LogP contribution in [0.3, 0.4) is 0 Å². The van der Waals surface area contributed by atoms with E-state index in [-0.39, 0.29) is 6.10 Å². The smallest absolute Gasteiger partial charge is 0.248 e. The lowest BCUT2D eigenvalue weighted by Gasteiger charge is -2.43. The van der Waals surface area contributed by atoms with Crippen LogP contribution in [-0.4, -0.2) is 50.8 Å². The minimum Gasteiger partial charge on any atom is -0.491 e. The van der Waals surface area contributed by atoms with Crippen molar-refractivity contribution in [1.29, 1.82) is 0 Å². The summed E-state index contributed by atoms with van der Waals surface area (Å²) in [4.78, 5) is 14.5. The predicted octanol–water partition coefficient (Wildman–Crippen LogP) is 7.02. The summed E-state index contributed by atoms with van der Waals surface area (Å²) in [6, 6.07) is 13.7. The monoisotopic (exact) mass is 570 g/mol. The maximum Gasteiger partial charge on any atom is 0.248 e. The molecule has 1 aliphatic heterocycles. The van der Waals surface area contributed by atoms with Gasteiger partial charge in [0.1, 0.15) is 5.75 Å². The SMILES string of the molecule is COC(/C=C/CCCSC)[C@@H]1CC[C@H]1CN1CC(CCCc2cccc(Cl)c2)COc2ccc(C(N)=O)cc21. The van der Waals surface area contributed by atoms with E-state index in [1.807, 2.05) is 43.1 Å². The molecule has 1 fully saturated rings. The summed E-state index contributed by atoms with van der Waals surface area (Å²) in [5, 5.41) is 0.788. The van der Waals surface area contributed by atoms with E-state index in [1.54, 1.807) is 6.07 Å². The molecule has 0 radical (unpaired) electrons. The Morgan fingerprint density at radius 1 is 1.26 bits per heavy atom.